The van der Waals surface area contributed by atoms with E-state index in [4.69, 9.17) is 4.74 Å². The van der Waals surface area contributed by atoms with Crippen LogP contribution in [-0.4, -0.2) is 36.6 Å². The van der Waals surface area contributed by atoms with Crippen molar-refractivity contribution in [2.24, 2.45) is 0 Å². The van der Waals surface area contributed by atoms with Crippen LogP contribution in [0.25, 0.3) is 0 Å². The van der Waals surface area contributed by atoms with Gasteiger partial charge in [-0.2, -0.15) is 0 Å². The summed E-state index contributed by atoms with van der Waals surface area (Å²) in [6.45, 7) is 2.79. The Morgan fingerprint density at radius 2 is 2.09 bits per heavy atom. The zero-order valence-electron chi connectivity index (χ0n) is 6.58. The maximum absolute atomic E-state index is 11.1. The number of nitrogens with zero attached hydrogens (tertiary/aromatic N) is 1. The van der Waals surface area contributed by atoms with Crippen LogP contribution in [0.4, 0.5) is 0 Å². The fourth-order valence-electron chi connectivity index (χ4n) is 1.87. The fourth-order valence-corrected chi connectivity index (χ4v) is 1.87. The molecule has 2 saturated heterocycles. The van der Waals surface area contributed by atoms with Gasteiger partial charge in [-0.1, -0.05) is 0 Å². The van der Waals surface area contributed by atoms with Crippen molar-refractivity contribution in [3.05, 3.63) is 0 Å². The molecule has 0 saturated carbocycles. The van der Waals surface area contributed by atoms with Gasteiger partial charge in [0.1, 0.15) is 6.04 Å². The molecule has 2 heterocycles. The van der Waals surface area contributed by atoms with Crippen molar-refractivity contribution < 1.29 is 9.53 Å². The number of carbonyl (C=O) groups is 1. The van der Waals surface area contributed by atoms with Gasteiger partial charge in [-0.05, 0) is 25.9 Å². The van der Waals surface area contributed by atoms with Gasteiger partial charge >= 0.3 is 5.97 Å². The molecule has 62 valence electrons. The van der Waals surface area contributed by atoms with E-state index >= 15 is 0 Å². The van der Waals surface area contributed by atoms with Crippen LogP contribution in [0.15, 0.2) is 0 Å². The molecule has 2 aliphatic heterocycles. The van der Waals surface area contributed by atoms with E-state index in [-0.39, 0.29) is 12.0 Å². The van der Waals surface area contributed by atoms with Gasteiger partial charge < -0.3 is 4.74 Å². The summed E-state index contributed by atoms with van der Waals surface area (Å²) in [4.78, 5) is 13.3. The van der Waals surface area contributed by atoms with E-state index in [1.165, 1.54) is 12.8 Å². The highest BCUT2D eigenvalue weighted by Gasteiger charge is 2.33. The summed E-state index contributed by atoms with van der Waals surface area (Å²) in [6, 6.07) is 0.0949. The molecule has 0 aromatic heterocycles. The minimum atomic E-state index is -0.00750. The average molecular weight is 155 g/mol. The first-order chi connectivity index (χ1) is 5.38. The first kappa shape index (κ1) is 7.10. The number of ether oxygens (including phenoxy) is 1. The van der Waals surface area contributed by atoms with Crippen molar-refractivity contribution in [2.75, 3.05) is 19.7 Å². The van der Waals surface area contributed by atoms with Crippen LogP contribution in [0.1, 0.15) is 19.3 Å². The third kappa shape index (κ3) is 1.25. The van der Waals surface area contributed by atoms with Crippen molar-refractivity contribution in [1.82, 2.24) is 4.90 Å². The number of rotatable bonds is 1. The van der Waals surface area contributed by atoms with Gasteiger partial charge in [-0.15, -0.1) is 0 Å². The Balaban J connectivity index is 1.97. The molecule has 0 bridgehead atoms. The summed E-state index contributed by atoms with van der Waals surface area (Å²) in [6.07, 6.45) is 3.38. The number of hydrogen-bond acceptors (Lipinski definition) is 3. The van der Waals surface area contributed by atoms with Gasteiger partial charge in [0, 0.05) is 6.42 Å². The van der Waals surface area contributed by atoms with E-state index in [9.17, 15) is 4.79 Å². The van der Waals surface area contributed by atoms with Crippen molar-refractivity contribution in [1.29, 1.82) is 0 Å². The molecule has 2 fully saturated rings. The van der Waals surface area contributed by atoms with Gasteiger partial charge in [0.2, 0.25) is 0 Å². The second-order valence-electron chi connectivity index (χ2n) is 3.22. The predicted molar refractivity (Wildman–Crippen MR) is 40.2 cm³/mol. The predicted octanol–water partition coefficient (Wildman–Crippen LogP) is 0.398. The van der Waals surface area contributed by atoms with Gasteiger partial charge in [0.15, 0.2) is 0 Å². The van der Waals surface area contributed by atoms with Crippen molar-refractivity contribution in [3.8, 4) is 0 Å². The second kappa shape index (κ2) is 2.81. The summed E-state index contributed by atoms with van der Waals surface area (Å²) >= 11 is 0. The van der Waals surface area contributed by atoms with Crippen LogP contribution >= 0.6 is 0 Å². The van der Waals surface area contributed by atoms with Gasteiger partial charge in [-0.25, -0.2) is 0 Å². The second-order valence-corrected chi connectivity index (χ2v) is 3.22. The highest BCUT2D eigenvalue weighted by molar-refractivity contribution is 5.77. The Kier molecular flexibility index (Phi) is 1.82. The van der Waals surface area contributed by atoms with Crippen LogP contribution in [0.2, 0.25) is 0 Å². The van der Waals surface area contributed by atoms with Crippen LogP contribution in [0.5, 0.6) is 0 Å². The number of esters is 1. The Morgan fingerprint density at radius 3 is 2.64 bits per heavy atom. The molecule has 0 aliphatic carbocycles. The summed E-state index contributed by atoms with van der Waals surface area (Å²) < 4.78 is 4.90. The largest absolute Gasteiger partial charge is 0.464 e. The lowest BCUT2D eigenvalue weighted by molar-refractivity contribution is -0.142. The summed E-state index contributed by atoms with van der Waals surface area (Å²) in [5.41, 5.74) is 0. The fraction of sp³-hybridized carbons (Fsp3) is 0.875. The standard InChI is InChI=1S/C8H13NO2/c10-8-7(3-6-11-8)9-4-1-2-5-9/h7H,1-6H2/t7-/m1/s1. The summed E-state index contributed by atoms with van der Waals surface area (Å²) in [7, 11) is 0. The smallest absolute Gasteiger partial charge is 0.323 e. The van der Waals surface area contributed by atoms with Crippen molar-refractivity contribution in [2.45, 2.75) is 25.3 Å². The normalized spacial score (nSPS) is 32.7. The molecule has 3 heteroatoms. The quantitative estimate of drug-likeness (QED) is 0.513. The molecule has 2 aliphatic rings. The van der Waals surface area contributed by atoms with Crippen molar-refractivity contribution in [3.63, 3.8) is 0 Å². The summed E-state index contributed by atoms with van der Waals surface area (Å²) in [5, 5.41) is 0. The minimum Gasteiger partial charge on any atom is -0.464 e. The van der Waals surface area contributed by atoms with Crippen LogP contribution < -0.4 is 0 Å². The molecule has 0 aromatic rings. The third-order valence-electron chi connectivity index (χ3n) is 2.49. The lowest BCUT2D eigenvalue weighted by Crippen LogP contribution is -2.35. The van der Waals surface area contributed by atoms with E-state index in [0.29, 0.717) is 6.61 Å². The lowest BCUT2D eigenvalue weighted by Gasteiger charge is -2.18. The van der Waals surface area contributed by atoms with Gasteiger partial charge in [0.25, 0.3) is 0 Å². The molecular weight excluding hydrogens is 142 g/mol. The highest BCUT2D eigenvalue weighted by atomic mass is 16.5. The first-order valence-electron chi connectivity index (χ1n) is 4.28. The van der Waals surface area contributed by atoms with Gasteiger partial charge in [0.05, 0.1) is 6.61 Å². The zero-order valence-corrected chi connectivity index (χ0v) is 6.58. The molecule has 1 atom stereocenters. The topological polar surface area (TPSA) is 29.5 Å². The molecule has 3 nitrogen and oxygen atoms in total. The third-order valence-corrected chi connectivity index (χ3v) is 2.49. The molecule has 0 aromatic carbocycles. The van der Waals surface area contributed by atoms with E-state index in [1.54, 1.807) is 0 Å². The summed E-state index contributed by atoms with van der Waals surface area (Å²) in [5.74, 6) is -0.00750. The number of likely N-dealkylation sites (tertiary alicyclic amines) is 1. The molecule has 0 unspecified atom stereocenters. The van der Waals surface area contributed by atoms with E-state index in [1.807, 2.05) is 0 Å². The van der Waals surface area contributed by atoms with Crippen molar-refractivity contribution >= 4 is 5.97 Å². The van der Waals surface area contributed by atoms with Crippen LogP contribution in [0, 0.1) is 0 Å². The molecule has 0 amide bonds. The Labute approximate surface area is 66.3 Å². The van der Waals surface area contributed by atoms with Crippen LogP contribution in [-0.2, 0) is 9.53 Å². The van der Waals surface area contributed by atoms with E-state index in [0.717, 1.165) is 19.5 Å². The molecular formula is C8H13NO2. The molecule has 11 heavy (non-hydrogen) atoms. The monoisotopic (exact) mass is 155 g/mol. The molecule has 2 rings (SSSR count). The average Bonchev–Trinajstić information content (AvgIpc) is 2.55. The highest BCUT2D eigenvalue weighted by Crippen LogP contribution is 2.18. The number of hydrogen-bond donors (Lipinski definition) is 0. The van der Waals surface area contributed by atoms with Crippen LogP contribution in [0.3, 0.4) is 0 Å². The van der Waals surface area contributed by atoms with Gasteiger partial charge in [-0.3, -0.25) is 9.69 Å². The molecule has 0 N–H and O–H groups in total. The first-order valence-corrected chi connectivity index (χ1v) is 4.28. The SMILES string of the molecule is O=C1OCC[C@H]1N1CCCC1. The van der Waals surface area contributed by atoms with E-state index in [2.05, 4.69) is 4.90 Å². The lowest BCUT2D eigenvalue weighted by atomic mass is 10.2. The Bertz CT molecular complexity index is 163. The molecule has 0 spiro atoms. The maximum Gasteiger partial charge on any atom is 0.323 e. The maximum atomic E-state index is 11.1. The Morgan fingerprint density at radius 1 is 1.36 bits per heavy atom. The zero-order chi connectivity index (χ0) is 7.68. The molecule has 0 radical (unpaired) electrons. The Hall–Kier alpha value is -0.570. The van der Waals surface area contributed by atoms with E-state index < -0.39 is 0 Å². The number of carbonyl (C=O) groups excluding carboxylic acids is 1. The number of cyclic esters (lactones) is 1. The minimum absolute atomic E-state index is 0.00750.